The minimum Gasteiger partial charge on any atom is -0.355 e. The van der Waals surface area contributed by atoms with Crippen molar-refractivity contribution in [2.24, 2.45) is 0 Å². The summed E-state index contributed by atoms with van der Waals surface area (Å²) in [7, 11) is -1.37. The van der Waals surface area contributed by atoms with Crippen LogP contribution in [0.15, 0.2) is 30.3 Å². The molecule has 0 radical (unpaired) electrons. The topological polar surface area (TPSA) is 78.5 Å². The Kier molecular flexibility index (Phi) is 7.20. The van der Waals surface area contributed by atoms with E-state index < -0.39 is 10.0 Å². The molecule has 0 spiro atoms. The molecule has 1 saturated heterocycles. The summed E-state index contributed by atoms with van der Waals surface area (Å²) in [6, 6.07) is 9.47. The van der Waals surface area contributed by atoms with E-state index in [2.05, 4.69) is 14.9 Å². The molecule has 1 fully saturated rings. The summed E-state index contributed by atoms with van der Waals surface area (Å²) in [5, 5.41) is 2.65. The predicted molar refractivity (Wildman–Crippen MR) is 95.2 cm³/mol. The van der Waals surface area contributed by atoms with Crippen molar-refractivity contribution in [2.45, 2.75) is 37.8 Å². The van der Waals surface area contributed by atoms with Gasteiger partial charge in [-0.05, 0) is 51.4 Å². The molecule has 0 bridgehead atoms. The molecule has 0 aliphatic carbocycles. The first kappa shape index (κ1) is 18.9. The smallest absolute Gasteiger partial charge is 0.213 e. The van der Waals surface area contributed by atoms with E-state index in [1.54, 1.807) is 0 Å². The number of rotatable bonds is 9. The molecule has 1 amide bonds. The summed E-state index contributed by atoms with van der Waals surface area (Å²) in [5.74, 6) is -0.0785. The molecule has 0 unspecified atom stereocenters. The number of nitrogens with zero attached hydrogens (tertiary/aromatic N) is 1. The zero-order valence-electron chi connectivity index (χ0n) is 14.1. The monoisotopic (exact) mass is 353 g/mol. The predicted octanol–water partition coefficient (Wildman–Crippen LogP) is 0.747. The highest BCUT2D eigenvalue weighted by Gasteiger charge is 2.24. The van der Waals surface area contributed by atoms with E-state index in [1.165, 1.54) is 0 Å². The van der Waals surface area contributed by atoms with Gasteiger partial charge in [-0.25, -0.2) is 13.1 Å². The van der Waals surface area contributed by atoms with Crippen LogP contribution in [-0.4, -0.2) is 57.7 Å². The van der Waals surface area contributed by atoms with Crippen LogP contribution in [0.4, 0.5) is 0 Å². The van der Waals surface area contributed by atoms with Crippen molar-refractivity contribution in [1.82, 2.24) is 14.9 Å². The summed E-state index contributed by atoms with van der Waals surface area (Å²) in [5.41, 5.74) is 1.14. The number of hydrogen-bond acceptors (Lipinski definition) is 4. The van der Waals surface area contributed by atoms with Crippen LogP contribution in [0.1, 0.15) is 24.8 Å². The lowest BCUT2D eigenvalue weighted by molar-refractivity contribution is -0.110. The van der Waals surface area contributed by atoms with Crippen molar-refractivity contribution in [2.75, 3.05) is 25.9 Å². The molecular formula is C17H27N3O3S. The molecule has 1 atom stereocenters. The van der Waals surface area contributed by atoms with Gasteiger partial charge in [-0.2, -0.15) is 0 Å². The van der Waals surface area contributed by atoms with Gasteiger partial charge >= 0.3 is 0 Å². The van der Waals surface area contributed by atoms with Crippen molar-refractivity contribution in [1.29, 1.82) is 0 Å². The van der Waals surface area contributed by atoms with Gasteiger partial charge < -0.3 is 10.2 Å². The van der Waals surface area contributed by atoms with E-state index in [-0.39, 0.29) is 17.8 Å². The Hall–Kier alpha value is -1.44. The van der Waals surface area contributed by atoms with Crippen LogP contribution in [0.5, 0.6) is 0 Å². The Balaban J connectivity index is 1.86. The highest BCUT2D eigenvalue weighted by Crippen LogP contribution is 2.11. The Morgan fingerprint density at radius 1 is 1.25 bits per heavy atom. The number of sulfonamides is 1. The Morgan fingerprint density at radius 3 is 2.54 bits per heavy atom. The Morgan fingerprint density at radius 2 is 1.92 bits per heavy atom. The quantitative estimate of drug-likeness (QED) is 0.642. The van der Waals surface area contributed by atoms with Gasteiger partial charge in [-0.1, -0.05) is 30.3 Å². The largest absolute Gasteiger partial charge is 0.355 e. The number of aryl methyl sites for hydroxylation is 1. The molecule has 134 valence electrons. The van der Waals surface area contributed by atoms with Gasteiger partial charge in [-0.15, -0.1) is 0 Å². The third-order valence-electron chi connectivity index (χ3n) is 4.41. The average Bonchev–Trinajstić information content (AvgIpc) is 2.55. The third-order valence-corrected chi connectivity index (χ3v) is 5.95. The lowest BCUT2D eigenvalue weighted by Gasteiger charge is -2.29. The molecule has 1 heterocycles. The van der Waals surface area contributed by atoms with E-state index in [4.69, 9.17) is 0 Å². The summed E-state index contributed by atoms with van der Waals surface area (Å²) in [6.45, 7) is 1.80. The molecule has 6 nitrogen and oxygen atoms in total. The Labute approximate surface area is 144 Å². The minimum absolute atomic E-state index is 0.00259. The number of carbonyl (C=O) groups is 1. The van der Waals surface area contributed by atoms with E-state index in [1.807, 2.05) is 37.4 Å². The van der Waals surface area contributed by atoms with Crippen molar-refractivity contribution >= 4 is 16.4 Å². The maximum atomic E-state index is 12.4. The van der Waals surface area contributed by atoms with Gasteiger partial charge in [0.05, 0.1) is 5.75 Å². The van der Waals surface area contributed by atoms with Gasteiger partial charge in [0.25, 0.3) is 0 Å². The number of likely N-dealkylation sites (tertiary alicyclic amines) is 1. The molecular weight excluding hydrogens is 326 g/mol. The molecule has 24 heavy (non-hydrogen) atoms. The van der Waals surface area contributed by atoms with Crippen molar-refractivity contribution in [3.05, 3.63) is 35.9 Å². The number of nitrogens with one attached hydrogen (secondary N) is 2. The molecule has 7 heteroatoms. The lowest BCUT2D eigenvalue weighted by Crippen LogP contribution is -2.47. The fraction of sp³-hybridized carbons (Fsp3) is 0.588. The first-order valence-corrected chi connectivity index (χ1v) is 10.1. The molecule has 1 aromatic rings. The van der Waals surface area contributed by atoms with Gasteiger partial charge in [0.1, 0.15) is 0 Å². The Bertz CT molecular complexity index is 599. The van der Waals surface area contributed by atoms with Crippen molar-refractivity contribution < 1.29 is 13.2 Å². The van der Waals surface area contributed by atoms with E-state index in [0.717, 1.165) is 37.9 Å². The first-order chi connectivity index (χ1) is 11.5. The highest BCUT2D eigenvalue weighted by atomic mass is 32.2. The molecule has 2 rings (SSSR count). The summed E-state index contributed by atoms with van der Waals surface area (Å²) in [4.78, 5) is 13.0. The van der Waals surface area contributed by atoms with Crippen LogP contribution < -0.4 is 10.0 Å². The number of carbonyl (C=O) groups excluding carboxylic acids is 1. The molecule has 1 aliphatic heterocycles. The molecule has 1 aliphatic rings. The van der Waals surface area contributed by atoms with Gasteiger partial charge in [0.15, 0.2) is 0 Å². The number of hydrogen-bond donors (Lipinski definition) is 2. The fourth-order valence-electron chi connectivity index (χ4n) is 2.99. The second-order valence-electron chi connectivity index (χ2n) is 6.48. The van der Waals surface area contributed by atoms with Crippen molar-refractivity contribution in [3.8, 4) is 0 Å². The molecule has 2 N–H and O–H groups in total. The summed E-state index contributed by atoms with van der Waals surface area (Å²) < 4.78 is 27.6. The van der Waals surface area contributed by atoms with Crippen LogP contribution in [0.3, 0.4) is 0 Å². The zero-order chi connectivity index (χ0) is 17.4. The normalized spacial score (nSPS) is 18.2. The van der Waals surface area contributed by atoms with Crippen LogP contribution in [0.2, 0.25) is 0 Å². The third kappa shape index (κ3) is 6.59. The minimum atomic E-state index is -3.41. The molecule has 0 saturated carbocycles. The second-order valence-corrected chi connectivity index (χ2v) is 8.28. The van der Waals surface area contributed by atoms with Gasteiger partial charge in [0.2, 0.25) is 16.4 Å². The maximum Gasteiger partial charge on any atom is 0.213 e. The fourth-order valence-corrected chi connectivity index (χ4v) is 4.62. The second kappa shape index (κ2) is 9.15. The standard InChI is InChI=1S/C17H27N3O3S/c1-20-11-9-16(10-12-20)19-24(22,23)13-17(18-14-21)8-7-15-5-3-2-4-6-15/h2-6,14,16-17,19H,7-13H2,1H3,(H,18,21)/t17-/m0/s1. The zero-order valence-corrected chi connectivity index (χ0v) is 15.0. The van der Waals surface area contributed by atoms with E-state index >= 15 is 0 Å². The van der Waals surface area contributed by atoms with Gasteiger partial charge in [-0.3, -0.25) is 4.79 Å². The van der Waals surface area contributed by atoms with Crippen molar-refractivity contribution in [3.63, 3.8) is 0 Å². The van der Waals surface area contributed by atoms with Crippen LogP contribution >= 0.6 is 0 Å². The van der Waals surface area contributed by atoms with Crippen LogP contribution in [0.25, 0.3) is 0 Å². The molecule has 0 aromatic heterocycles. The summed E-state index contributed by atoms with van der Waals surface area (Å²) >= 11 is 0. The van der Waals surface area contributed by atoms with E-state index in [9.17, 15) is 13.2 Å². The number of amides is 1. The number of piperidine rings is 1. The lowest BCUT2D eigenvalue weighted by atomic mass is 10.1. The van der Waals surface area contributed by atoms with E-state index in [0.29, 0.717) is 12.8 Å². The van der Waals surface area contributed by atoms with Gasteiger partial charge in [0, 0.05) is 12.1 Å². The SMILES string of the molecule is CN1CCC(NS(=O)(=O)C[C@H](CCc2ccccc2)NC=O)CC1. The maximum absolute atomic E-state index is 12.4. The highest BCUT2D eigenvalue weighted by molar-refractivity contribution is 7.89. The van der Waals surface area contributed by atoms with Crippen LogP contribution in [-0.2, 0) is 21.2 Å². The summed E-state index contributed by atoms with van der Waals surface area (Å²) in [6.07, 6.45) is 3.56. The number of benzene rings is 1. The first-order valence-electron chi connectivity index (χ1n) is 8.40. The molecule has 1 aromatic carbocycles. The van der Waals surface area contributed by atoms with Crippen LogP contribution in [0, 0.1) is 0 Å². The average molecular weight is 353 g/mol.